The normalized spacial score (nSPS) is 12.7. The first-order chi connectivity index (χ1) is 10.7. The summed E-state index contributed by atoms with van der Waals surface area (Å²) in [6.07, 6.45) is -4.82. The lowest BCUT2D eigenvalue weighted by Crippen LogP contribution is -2.17. The summed E-state index contributed by atoms with van der Waals surface area (Å²) in [7, 11) is 0. The van der Waals surface area contributed by atoms with E-state index in [1.54, 1.807) is 0 Å². The minimum absolute atomic E-state index is 0.135. The minimum Gasteiger partial charge on any atom is -0.406 e. The van der Waals surface area contributed by atoms with E-state index in [4.69, 9.17) is 5.73 Å². The maximum Gasteiger partial charge on any atom is 0.573 e. The van der Waals surface area contributed by atoms with Crippen molar-refractivity contribution in [2.24, 2.45) is 5.73 Å². The fourth-order valence-electron chi connectivity index (χ4n) is 1.94. The molecule has 0 heterocycles. The van der Waals surface area contributed by atoms with Gasteiger partial charge in [0.05, 0.1) is 11.0 Å². The molecule has 2 aromatic rings. The summed E-state index contributed by atoms with van der Waals surface area (Å²) in [6.45, 7) is 0. The third kappa shape index (κ3) is 4.16. The smallest absolute Gasteiger partial charge is 0.406 e. The number of ether oxygens (including phenoxy) is 1. The van der Waals surface area contributed by atoms with Gasteiger partial charge in [0.1, 0.15) is 11.6 Å². The fraction of sp³-hybridized carbons (Fsp3) is 0.143. The summed E-state index contributed by atoms with van der Waals surface area (Å²) in [5.74, 6) is -1.20. The van der Waals surface area contributed by atoms with E-state index in [-0.39, 0.29) is 16.8 Å². The van der Waals surface area contributed by atoms with Crippen LogP contribution in [0.15, 0.2) is 42.5 Å². The number of non-ortho nitro benzene ring substituents is 1. The highest BCUT2D eigenvalue weighted by Gasteiger charge is 2.31. The summed E-state index contributed by atoms with van der Waals surface area (Å²) in [4.78, 5) is 10.0. The Labute approximate surface area is 127 Å². The number of benzene rings is 2. The molecule has 2 rings (SSSR count). The highest BCUT2D eigenvalue weighted by molar-refractivity contribution is 5.41. The summed E-state index contributed by atoms with van der Waals surface area (Å²) in [6, 6.07) is 6.32. The van der Waals surface area contributed by atoms with E-state index in [1.807, 2.05) is 0 Å². The molecule has 2 aromatic carbocycles. The third-order valence-corrected chi connectivity index (χ3v) is 3.00. The van der Waals surface area contributed by atoms with Crippen molar-refractivity contribution in [3.05, 3.63) is 69.5 Å². The molecule has 0 aromatic heterocycles. The van der Waals surface area contributed by atoms with Gasteiger partial charge in [-0.1, -0.05) is 12.1 Å². The first-order valence-electron chi connectivity index (χ1n) is 6.22. The molecule has 122 valence electrons. The molecule has 0 spiro atoms. The maximum atomic E-state index is 13.8. The van der Waals surface area contributed by atoms with Gasteiger partial charge in [0.2, 0.25) is 0 Å². The number of hydrogen-bond acceptors (Lipinski definition) is 4. The quantitative estimate of drug-likeness (QED) is 0.527. The predicted molar refractivity (Wildman–Crippen MR) is 72.2 cm³/mol. The number of nitro benzene ring substituents is 1. The molecule has 0 radical (unpaired) electrons. The van der Waals surface area contributed by atoms with E-state index in [0.717, 1.165) is 30.3 Å². The standard InChI is InChI=1S/C14H10F4N2O3/c15-12-6-3-9(20(21)22)7-11(12)13(19)8-1-4-10(5-2-8)23-14(16,17)18/h1-7,13H,19H2/t13-/m1/s1. The van der Waals surface area contributed by atoms with Crippen molar-refractivity contribution in [2.75, 3.05) is 0 Å². The van der Waals surface area contributed by atoms with Crippen LogP contribution in [0.25, 0.3) is 0 Å². The Morgan fingerprint density at radius 1 is 1.13 bits per heavy atom. The summed E-state index contributed by atoms with van der Waals surface area (Å²) < 4.78 is 53.7. The maximum absolute atomic E-state index is 13.8. The van der Waals surface area contributed by atoms with Crippen LogP contribution in [0.2, 0.25) is 0 Å². The predicted octanol–water partition coefficient (Wildman–Crippen LogP) is 3.68. The van der Waals surface area contributed by atoms with Gasteiger partial charge in [0, 0.05) is 17.7 Å². The van der Waals surface area contributed by atoms with Crippen LogP contribution >= 0.6 is 0 Å². The second-order valence-corrected chi connectivity index (χ2v) is 4.56. The first kappa shape index (κ1) is 16.7. The number of nitrogens with zero attached hydrogens (tertiary/aromatic N) is 1. The molecule has 9 heteroatoms. The summed E-state index contributed by atoms with van der Waals surface area (Å²) >= 11 is 0. The number of nitrogens with two attached hydrogens (primary N) is 1. The molecule has 2 N–H and O–H groups in total. The number of nitro groups is 1. The Morgan fingerprint density at radius 3 is 2.26 bits per heavy atom. The molecule has 0 unspecified atom stereocenters. The van der Waals surface area contributed by atoms with Gasteiger partial charge in [-0.05, 0) is 23.8 Å². The van der Waals surface area contributed by atoms with Gasteiger partial charge < -0.3 is 10.5 Å². The van der Waals surface area contributed by atoms with Crippen molar-refractivity contribution in [2.45, 2.75) is 12.4 Å². The highest BCUT2D eigenvalue weighted by Crippen LogP contribution is 2.28. The van der Waals surface area contributed by atoms with Crippen LogP contribution in [-0.4, -0.2) is 11.3 Å². The summed E-state index contributed by atoms with van der Waals surface area (Å²) in [5, 5.41) is 10.7. The Kier molecular flexibility index (Phi) is 4.50. The van der Waals surface area contributed by atoms with Crippen molar-refractivity contribution in [3.8, 4) is 5.75 Å². The lowest BCUT2D eigenvalue weighted by Gasteiger charge is -2.14. The van der Waals surface area contributed by atoms with Crippen molar-refractivity contribution >= 4 is 5.69 Å². The monoisotopic (exact) mass is 330 g/mol. The van der Waals surface area contributed by atoms with Gasteiger partial charge in [0.15, 0.2) is 0 Å². The SMILES string of the molecule is N[C@H](c1ccc(OC(F)(F)F)cc1)c1cc([N+](=O)[O-])ccc1F. The lowest BCUT2D eigenvalue weighted by atomic mass is 9.98. The van der Waals surface area contributed by atoms with Crippen LogP contribution in [0, 0.1) is 15.9 Å². The fourth-order valence-corrected chi connectivity index (χ4v) is 1.94. The van der Waals surface area contributed by atoms with Crippen molar-refractivity contribution in [1.29, 1.82) is 0 Å². The molecule has 0 aliphatic carbocycles. The Balaban J connectivity index is 2.28. The van der Waals surface area contributed by atoms with Crippen LogP contribution in [0.4, 0.5) is 23.2 Å². The summed E-state index contributed by atoms with van der Waals surface area (Å²) in [5.41, 5.74) is 5.64. The van der Waals surface area contributed by atoms with E-state index >= 15 is 0 Å². The average Bonchev–Trinajstić information content (AvgIpc) is 2.46. The number of rotatable bonds is 4. The first-order valence-corrected chi connectivity index (χ1v) is 6.22. The van der Waals surface area contributed by atoms with Crippen molar-refractivity contribution in [1.82, 2.24) is 0 Å². The second kappa shape index (κ2) is 6.21. The minimum atomic E-state index is -4.82. The van der Waals surface area contributed by atoms with E-state index in [1.165, 1.54) is 12.1 Å². The van der Waals surface area contributed by atoms with Gasteiger partial charge >= 0.3 is 6.36 Å². The zero-order valence-corrected chi connectivity index (χ0v) is 11.4. The van der Waals surface area contributed by atoms with E-state index < -0.39 is 28.9 Å². The Morgan fingerprint density at radius 2 is 1.74 bits per heavy atom. The molecule has 0 fully saturated rings. The Hall–Kier alpha value is -2.68. The van der Waals surface area contributed by atoms with Crippen LogP contribution in [-0.2, 0) is 0 Å². The topological polar surface area (TPSA) is 78.4 Å². The van der Waals surface area contributed by atoms with E-state index in [9.17, 15) is 27.7 Å². The molecule has 5 nitrogen and oxygen atoms in total. The van der Waals surface area contributed by atoms with Crippen molar-refractivity contribution in [3.63, 3.8) is 0 Å². The average molecular weight is 330 g/mol. The number of halogens is 4. The zero-order valence-electron chi connectivity index (χ0n) is 11.4. The molecular formula is C14H10F4N2O3. The molecule has 1 atom stereocenters. The van der Waals surface area contributed by atoms with Gasteiger partial charge in [-0.25, -0.2) is 4.39 Å². The van der Waals surface area contributed by atoms with Gasteiger partial charge in [-0.2, -0.15) is 0 Å². The van der Waals surface area contributed by atoms with Gasteiger partial charge in [-0.3, -0.25) is 10.1 Å². The zero-order chi connectivity index (χ0) is 17.2. The Bertz CT molecular complexity index is 717. The van der Waals surface area contributed by atoms with E-state index in [2.05, 4.69) is 4.74 Å². The van der Waals surface area contributed by atoms with E-state index in [0.29, 0.717) is 0 Å². The number of hydrogen-bond donors (Lipinski definition) is 1. The van der Waals surface area contributed by atoms with Crippen LogP contribution < -0.4 is 10.5 Å². The van der Waals surface area contributed by atoms with Gasteiger partial charge in [-0.15, -0.1) is 13.2 Å². The van der Waals surface area contributed by atoms with Crippen LogP contribution in [0.1, 0.15) is 17.2 Å². The largest absolute Gasteiger partial charge is 0.573 e. The third-order valence-electron chi connectivity index (χ3n) is 3.00. The molecule has 0 saturated heterocycles. The van der Waals surface area contributed by atoms with Crippen molar-refractivity contribution < 1.29 is 27.2 Å². The molecular weight excluding hydrogens is 320 g/mol. The molecule has 23 heavy (non-hydrogen) atoms. The second-order valence-electron chi connectivity index (χ2n) is 4.56. The number of alkyl halides is 3. The molecule has 0 saturated carbocycles. The van der Waals surface area contributed by atoms with Crippen LogP contribution in [0.3, 0.4) is 0 Å². The molecule has 0 aliphatic rings. The molecule has 0 amide bonds. The highest BCUT2D eigenvalue weighted by atomic mass is 19.4. The van der Waals surface area contributed by atoms with Gasteiger partial charge in [0.25, 0.3) is 5.69 Å². The molecule has 0 aliphatic heterocycles. The lowest BCUT2D eigenvalue weighted by molar-refractivity contribution is -0.385. The van der Waals surface area contributed by atoms with Crippen LogP contribution in [0.5, 0.6) is 5.75 Å². The molecule has 0 bridgehead atoms.